The first-order chi connectivity index (χ1) is 15.3. The summed E-state index contributed by atoms with van der Waals surface area (Å²) in [5, 5.41) is 15.5. The van der Waals surface area contributed by atoms with E-state index in [1.165, 1.54) is 17.0 Å². The van der Waals surface area contributed by atoms with Crippen molar-refractivity contribution in [1.82, 2.24) is 19.6 Å². The summed E-state index contributed by atoms with van der Waals surface area (Å²) in [6.45, 7) is 7.14. The number of rotatable bonds is 5. The van der Waals surface area contributed by atoms with Gasteiger partial charge in [0.05, 0.1) is 36.1 Å². The van der Waals surface area contributed by atoms with E-state index in [1.807, 2.05) is 0 Å². The average molecular weight is 442 g/mol. The Balaban J connectivity index is 1.77. The molecule has 32 heavy (non-hydrogen) atoms. The van der Waals surface area contributed by atoms with Crippen LogP contribution >= 0.6 is 0 Å². The maximum absolute atomic E-state index is 13.6. The van der Waals surface area contributed by atoms with Crippen molar-refractivity contribution in [3.05, 3.63) is 58.2 Å². The second-order valence-electron chi connectivity index (χ2n) is 8.17. The number of aryl methyl sites for hydroxylation is 2. The number of benzene rings is 1. The largest absolute Gasteiger partial charge is 0.507 e. The number of aromatic nitrogens is 2. The van der Waals surface area contributed by atoms with E-state index in [0.717, 1.165) is 13.1 Å². The Kier molecular flexibility index (Phi) is 6.12. The molecular weight excluding hydrogens is 415 g/mol. The zero-order valence-electron chi connectivity index (χ0n) is 18.5. The lowest BCUT2D eigenvalue weighted by Crippen LogP contribution is -2.42. The van der Waals surface area contributed by atoms with E-state index in [1.54, 1.807) is 37.7 Å². The molecule has 2 saturated heterocycles. The normalized spacial score (nSPS) is 21.5. The fourth-order valence-electron chi connectivity index (χ4n) is 4.43. The quantitative estimate of drug-likeness (QED) is 0.433. The highest BCUT2D eigenvalue weighted by Crippen LogP contribution is 2.40. The zero-order valence-corrected chi connectivity index (χ0v) is 18.5. The van der Waals surface area contributed by atoms with Gasteiger partial charge in [0.2, 0.25) is 0 Å². The van der Waals surface area contributed by atoms with Gasteiger partial charge >= 0.3 is 0 Å². The summed E-state index contributed by atoms with van der Waals surface area (Å²) >= 11 is 0. The highest BCUT2D eigenvalue weighted by Gasteiger charge is 2.46. The molecule has 4 rings (SSSR count). The van der Waals surface area contributed by atoms with Crippen LogP contribution in [0.25, 0.3) is 5.76 Å². The minimum Gasteiger partial charge on any atom is -0.507 e. The Labute approximate surface area is 185 Å². The van der Waals surface area contributed by atoms with Crippen molar-refractivity contribution in [3.8, 4) is 0 Å². The molecule has 170 valence electrons. The van der Waals surface area contributed by atoms with E-state index in [2.05, 4.69) is 10.00 Å². The number of carbonyl (C=O) groups excluding carboxylic acids is 2. The van der Waals surface area contributed by atoms with Gasteiger partial charge in [0.25, 0.3) is 11.7 Å². The first kappa shape index (κ1) is 22.2. The molecule has 2 aromatic rings. The number of amides is 1. The molecule has 0 spiro atoms. The lowest BCUT2D eigenvalue weighted by molar-refractivity contribution is -0.140. The Morgan fingerprint density at radius 2 is 1.81 bits per heavy atom. The molecule has 1 atom stereocenters. The van der Waals surface area contributed by atoms with Crippen molar-refractivity contribution in [2.24, 2.45) is 7.05 Å². The van der Waals surface area contributed by atoms with E-state index >= 15 is 0 Å². The number of aliphatic hydroxyl groups excluding tert-OH is 1. The summed E-state index contributed by atoms with van der Waals surface area (Å²) in [7, 11) is 1.75. The summed E-state index contributed by atoms with van der Waals surface area (Å²) in [6, 6.07) is 4.86. The fourth-order valence-corrected chi connectivity index (χ4v) is 4.43. The third kappa shape index (κ3) is 3.93. The Bertz CT molecular complexity index is 1070. The highest BCUT2D eigenvalue weighted by molar-refractivity contribution is 6.46. The second kappa shape index (κ2) is 8.84. The van der Waals surface area contributed by atoms with Gasteiger partial charge in [-0.3, -0.25) is 19.2 Å². The third-order valence-corrected chi connectivity index (χ3v) is 6.23. The van der Waals surface area contributed by atoms with E-state index in [0.29, 0.717) is 48.8 Å². The lowest BCUT2D eigenvalue weighted by atomic mass is 9.94. The number of halogens is 1. The van der Waals surface area contributed by atoms with Crippen LogP contribution in [-0.4, -0.2) is 75.8 Å². The summed E-state index contributed by atoms with van der Waals surface area (Å²) in [6.07, 6.45) is 0. The molecule has 0 saturated carbocycles. The van der Waals surface area contributed by atoms with Gasteiger partial charge < -0.3 is 14.7 Å². The van der Waals surface area contributed by atoms with E-state index in [9.17, 15) is 19.1 Å². The summed E-state index contributed by atoms with van der Waals surface area (Å²) < 4.78 is 20.6. The van der Waals surface area contributed by atoms with Gasteiger partial charge in [0, 0.05) is 38.9 Å². The molecule has 2 aliphatic rings. The van der Waals surface area contributed by atoms with Gasteiger partial charge in [-0.2, -0.15) is 5.10 Å². The van der Waals surface area contributed by atoms with Crippen molar-refractivity contribution in [1.29, 1.82) is 0 Å². The summed E-state index contributed by atoms with van der Waals surface area (Å²) in [5.41, 5.74) is 2.24. The third-order valence-electron chi connectivity index (χ3n) is 6.23. The smallest absolute Gasteiger partial charge is 0.295 e. The lowest BCUT2D eigenvalue weighted by Gasteiger charge is -2.31. The molecule has 2 fully saturated rings. The van der Waals surface area contributed by atoms with Gasteiger partial charge in [0.15, 0.2) is 0 Å². The maximum atomic E-state index is 13.6. The first-order valence-corrected chi connectivity index (χ1v) is 10.6. The SMILES string of the molecule is Cc1nn(C)c(C)c1/C(O)=C1\C(=O)C(=O)N(CCN2CCOCC2)[C@H]1c1ccc(F)cc1. The standard InChI is InChI=1S/C23H27FN4O4/c1-14-18(15(2)26(3)25-14)21(29)19-20(16-4-6-17(24)7-5-16)28(23(31)22(19)30)9-8-27-10-12-32-13-11-27/h4-7,20,29H,8-13H2,1-3H3/b21-19+/t20-/m0/s1. The van der Waals surface area contributed by atoms with E-state index < -0.39 is 23.5 Å². The first-order valence-electron chi connectivity index (χ1n) is 10.6. The molecular formula is C23H27FN4O4. The number of ketones is 1. The van der Waals surface area contributed by atoms with Gasteiger partial charge in [-0.1, -0.05) is 12.1 Å². The van der Waals surface area contributed by atoms with Gasteiger partial charge in [-0.25, -0.2) is 4.39 Å². The molecule has 8 nitrogen and oxygen atoms in total. The average Bonchev–Trinajstić information content (AvgIpc) is 3.18. The minimum absolute atomic E-state index is 0.00258. The molecule has 1 N–H and O–H groups in total. The van der Waals surface area contributed by atoms with Crippen molar-refractivity contribution >= 4 is 17.4 Å². The number of likely N-dealkylation sites (tertiary alicyclic amines) is 1. The van der Waals surface area contributed by atoms with Crippen molar-refractivity contribution in [3.63, 3.8) is 0 Å². The molecule has 0 radical (unpaired) electrons. The predicted molar refractivity (Wildman–Crippen MR) is 115 cm³/mol. The molecule has 0 aliphatic carbocycles. The van der Waals surface area contributed by atoms with Crippen molar-refractivity contribution in [2.45, 2.75) is 19.9 Å². The van der Waals surface area contributed by atoms with Crippen LogP contribution in [0.2, 0.25) is 0 Å². The fraction of sp³-hybridized carbons (Fsp3) is 0.435. The number of ether oxygens (including phenoxy) is 1. The number of Topliss-reactive ketones (excluding diaryl/α,β-unsaturated/α-hetero) is 1. The van der Waals surface area contributed by atoms with Crippen LogP contribution in [0.1, 0.15) is 28.6 Å². The predicted octanol–water partition coefficient (Wildman–Crippen LogP) is 1.93. The van der Waals surface area contributed by atoms with Crippen LogP contribution in [0.4, 0.5) is 4.39 Å². The molecule has 1 amide bonds. The van der Waals surface area contributed by atoms with Gasteiger partial charge in [0.1, 0.15) is 11.6 Å². The van der Waals surface area contributed by atoms with Gasteiger partial charge in [-0.05, 0) is 31.5 Å². The maximum Gasteiger partial charge on any atom is 0.295 e. The molecule has 0 unspecified atom stereocenters. The second-order valence-corrected chi connectivity index (χ2v) is 8.17. The summed E-state index contributed by atoms with van der Waals surface area (Å²) in [4.78, 5) is 29.8. The van der Waals surface area contributed by atoms with Crippen LogP contribution in [0, 0.1) is 19.7 Å². The van der Waals surface area contributed by atoms with Crippen LogP contribution in [0.3, 0.4) is 0 Å². The molecule has 2 aliphatic heterocycles. The molecule has 1 aromatic heterocycles. The van der Waals surface area contributed by atoms with Crippen LogP contribution < -0.4 is 0 Å². The molecule has 3 heterocycles. The Morgan fingerprint density at radius 1 is 1.16 bits per heavy atom. The summed E-state index contributed by atoms with van der Waals surface area (Å²) in [5.74, 6) is -2.09. The highest BCUT2D eigenvalue weighted by atomic mass is 19.1. The molecule has 9 heteroatoms. The van der Waals surface area contributed by atoms with Crippen LogP contribution in [-0.2, 0) is 21.4 Å². The number of hydrogen-bond acceptors (Lipinski definition) is 6. The molecule has 0 bridgehead atoms. The van der Waals surface area contributed by atoms with E-state index in [4.69, 9.17) is 4.74 Å². The Hall–Kier alpha value is -3.04. The zero-order chi connectivity index (χ0) is 23.0. The molecule has 1 aromatic carbocycles. The number of aliphatic hydroxyl groups is 1. The van der Waals surface area contributed by atoms with Crippen LogP contribution in [0.15, 0.2) is 29.8 Å². The minimum atomic E-state index is -0.810. The monoisotopic (exact) mass is 442 g/mol. The van der Waals surface area contributed by atoms with E-state index in [-0.39, 0.29) is 11.3 Å². The number of hydrogen-bond donors (Lipinski definition) is 1. The Morgan fingerprint density at radius 3 is 2.41 bits per heavy atom. The topological polar surface area (TPSA) is 87.9 Å². The number of nitrogens with zero attached hydrogens (tertiary/aromatic N) is 4. The number of morpholine rings is 1. The number of carbonyl (C=O) groups is 2. The van der Waals surface area contributed by atoms with Crippen molar-refractivity contribution < 1.29 is 23.8 Å². The van der Waals surface area contributed by atoms with Crippen molar-refractivity contribution in [2.75, 3.05) is 39.4 Å². The van der Waals surface area contributed by atoms with Gasteiger partial charge in [-0.15, -0.1) is 0 Å². The van der Waals surface area contributed by atoms with Crippen LogP contribution in [0.5, 0.6) is 0 Å².